The number of hydrogen-bond acceptors (Lipinski definition) is 3. The zero-order chi connectivity index (χ0) is 26.8. The first-order chi connectivity index (χ1) is 17.7. The summed E-state index contributed by atoms with van der Waals surface area (Å²) in [5.74, 6) is -1.28. The van der Waals surface area contributed by atoms with Gasteiger partial charge in [0.25, 0.3) is 5.91 Å². The summed E-state index contributed by atoms with van der Waals surface area (Å²) in [5, 5.41) is 14.8. The van der Waals surface area contributed by atoms with Crippen molar-refractivity contribution >= 4 is 17.6 Å². The molecule has 8 heteroatoms. The molecule has 196 valence electrons. The number of anilines is 1. The maximum Gasteiger partial charge on any atom is 0.416 e. The number of carboxylic acids is 1. The molecule has 0 radical (unpaired) electrons. The summed E-state index contributed by atoms with van der Waals surface area (Å²) in [6.45, 7) is 2.21. The Labute approximate surface area is 214 Å². The molecule has 3 aromatic carbocycles. The summed E-state index contributed by atoms with van der Waals surface area (Å²) < 4.78 is 38.5. The van der Waals surface area contributed by atoms with Crippen LogP contribution in [0.5, 0.6) is 0 Å². The summed E-state index contributed by atoms with van der Waals surface area (Å²) in [4.78, 5) is 22.8. The summed E-state index contributed by atoms with van der Waals surface area (Å²) in [6, 6.07) is 20.2. The number of amides is 1. The van der Waals surface area contributed by atoms with E-state index in [2.05, 4.69) is 17.6 Å². The third kappa shape index (κ3) is 8.66. The van der Waals surface area contributed by atoms with Gasteiger partial charge in [0, 0.05) is 23.8 Å². The first kappa shape index (κ1) is 27.8. The lowest BCUT2D eigenvalue weighted by molar-refractivity contribution is -0.138. The number of alkyl halides is 3. The largest absolute Gasteiger partial charge is 0.481 e. The zero-order valence-corrected chi connectivity index (χ0v) is 20.6. The van der Waals surface area contributed by atoms with Crippen LogP contribution in [0.1, 0.15) is 54.1 Å². The molecule has 0 fully saturated rings. The molecule has 0 aliphatic carbocycles. The third-order valence-electron chi connectivity index (χ3n) is 6.03. The number of nitrogens with one attached hydrogen (secondary N) is 2. The Bertz CT molecular complexity index is 1160. The van der Waals surface area contributed by atoms with Crippen molar-refractivity contribution in [1.82, 2.24) is 5.32 Å². The van der Waals surface area contributed by atoms with Crippen LogP contribution in [0.3, 0.4) is 0 Å². The molecule has 0 aromatic heterocycles. The Morgan fingerprint density at radius 3 is 2.03 bits per heavy atom. The predicted octanol–water partition coefficient (Wildman–Crippen LogP) is 6.79. The van der Waals surface area contributed by atoms with Crippen molar-refractivity contribution in [2.45, 2.75) is 51.2 Å². The molecule has 1 atom stereocenters. The van der Waals surface area contributed by atoms with Gasteiger partial charge in [0.15, 0.2) is 0 Å². The molecular weight excluding hydrogens is 481 g/mol. The minimum Gasteiger partial charge on any atom is -0.481 e. The monoisotopic (exact) mass is 512 g/mol. The lowest BCUT2D eigenvalue weighted by atomic mass is 9.97. The highest BCUT2D eigenvalue weighted by Crippen LogP contribution is 2.31. The van der Waals surface area contributed by atoms with E-state index < -0.39 is 17.7 Å². The summed E-state index contributed by atoms with van der Waals surface area (Å²) in [5.41, 5.74) is 3.37. The molecule has 3 rings (SSSR count). The number of aliphatic carboxylic acids is 1. The van der Waals surface area contributed by atoms with Gasteiger partial charge in [-0.05, 0) is 65.9 Å². The van der Waals surface area contributed by atoms with Crippen LogP contribution >= 0.6 is 0 Å². The highest BCUT2D eigenvalue weighted by molar-refractivity contribution is 5.94. The van der Waals surface area contributed by atoms with Crippen molar-refractivity contribution in [3.63, 3.8) is 0 Å². The van der Waals surface area contributed by atoms with Gasteiger partial charge in [-0.2, -0.15) is 13.2 Å². The smallest absolute Gasteiger partial charge is 0.416 e. The van der Waals surface area contributed by atoms with E-state index in [0.29, 0.717) is 5.56 Å². The van der Waals surface area contributed by atoms with Gasteiger partial charge in [-0.25, -0.2) is 0 Å². The van der Waals surface area contributed by atoms with Crippen LogP contribution in [0.15, 0.2) is 72.8 Å². The Morgan fingerprint density at radius 1 is 0.892 bits per heavy atom. The Balaban J connectivity index is 1.62. The van der Waals surface area contributed by atoms with Crippen LogP contribution in [-0.2, 0) is 17.4 Å². The van der Waals surface area contributed by atoms with Crippen LogP contribution in [0.25, 0.3) is 11.1 Å². The van der Waals surface area contributed by atoms with Crippen LogP contribution in [0.2, 0.25) is 0 Å². The molecule has 1 amide bonds. The van der Waals surface area contributed by atoms with Crippen LogP contribution < -0.4 is 10.6 Å². The van der Waals surface area contributed by atoms with E-state index in [-0.39, 0.29) is 24.9 Å². The van der Waals surface area contributed by atoms with Gasteiger partial charge in [-0.15, -0.1) is 0 Å². The molecular formula is C29H31F3N2O3. The molecule has 0 heterocycles. The fraction of sp³-hybridized carbons (Fsp3) is 0.310. The molecule has 3 N–H and O–H groups in total. The second kappa shape index (κ2) is 12.9. The molecule has 0 saturated heterocycles. The van der Waals surface area contributed by atoms with Crippen LogP contribution in [0.4, 0.5) is 18.9 Å². The number of hydrogen-bond donors (Lipinski definition) is 3. The minimum absolute atomic E-state index is 0.0743. The van der Waals surface area contributed by atoms with Crippen LogP contribution in [-0.4, -0.2) is 29.6 Å². The number of unbranched alkanes of at least 4 members (excludes halogenated alkanes) is 1. The summed E-state index contributed by atoms with van der Waals surface area (Å²) >= 11 is 0. The normalized spacial score (nSPS) is 12.1. The van der Waals surface area contributed by atoms with Crippen molar-refractivity contribution in [3.05, 3.63) is 89.5 Å². The van der Waals surface area contributed by atoms with E-state index in [4.69, 9.17) is 5.11 Å². The molecule has 3 aromatic rings. The highest BCUT2D eigenvalue weighted by atomic mass is 19.4. The number of carbonyl (C=O) groups excluding carboxylic acids is 1. The molecule has 0 unspecified atom stereocenters. The number of carboxylic acid groups (broad SMARTS) is 1. The van der Waals surface area contributed by atoms with Gasteiger partial charge < -0.3 is 15.7 Å². The van der Waals surface area contributed by atoms with E-state index in [1.165, 1.54) is 12.1 Å². The molecule has 0 aliphatic heterocycles. The molecule has 5 nitrogen and oxygen atoms in total. The third-order valence-corrected chi connectivity index (χ3v) is 6.03. The van der Waals surface area contributed by atoms with Gasteiger partial charge in [-0.1, -0.05) is 56.2 Å². The van der Waals surface area contributed by atoms with E-state index in [0.717, 1.165) is 60.2 Å². The van der Waals surface area contributed by atoms with Gasteiger partial charge in [0.05, 0.1) is 12.0 Å². The number of benzene rings is 3. The number of carbonyl (C=O) groups is 2. The van der Waals surface area contributed by atoms with Crippen molar-refractivity contribution < 1.29 is 27.9 Å². The summed E-state index contributed by atoms with van der Waals surface area (Å²) in [6.07, 6.45) is -0.654. The lowest BCUT2D eigenvalue weighted by Gasteiger charge is -2.20. The molecule has 0 saturated carbocycles. The standard InChI is InChI=1S/C29H31F3N2O3/c1-2-3-4-26(34-25-15-11-23(12-16-25)28(37)33-18-17-27(35)36)19-20-5-7-21(8-6-20)22-9-13-24(14-10-22)29(30,31)32/h5-16,26,34H,2-4,17-19H2,1H3,(H,33,37)(H,35,36)/t26-/m0/s1. The number of halogens is 3. The average molecular weight is 513 g/mol. The van der Waals surface area contributed by atoms with E-state index in [9.17, 15) is 22.8 Å². The summed E-state index contributed by atoms with van der Waals surface area (Å²) in [7, 11) is 0. The van der Waals surface area contributed by atoms with E-state index >= 15 is 0 Å². The first-order valence-electron chi connectivity index (χ1n) is 12.3. The fourth-order valence-electron chi connectivity index (χ4n) is 3.98. The predicted molar refractivity (Wildman–Crippen MR) is 139 cm³/mol. The van der Waals surface area contributed by atoms with Crippen molar-refractivity contribution in [3.8, 4) is 11.1 Å². The quantitative estimate of drug-likeness (QED) is 0.250. The fourth-order valence-corrected chi connectivity index (χ4v) is 3.98. The van der Waals surface area contributed by atoms with E-state index in [1.807, 2.05) is 36.4 Å². The minimum atomic E-state index is -4.35. The van der Waals surface area contributed by atoms with Gasteiger partial charge in [0.2, 0.25) is 0 Å². The highest BCUT2D eigenvalue weighted by Gasteiger charge is 2.29. The van der Waals surface area contributed by atoms with Gasteiger partial charge in [-0.3, -0.25) is 9.59 Å². The SMILES string of the molecule is CCCC[C@@H](Cc1ccc(-c2ccc(C(F)(F)F)cc2)cc1)Nc1ccc(C(=O)NCCC(=O)O)cc1. The first-order valence-corrected chi connectivity index (χ1v) is 12.3. The maximum absolute atomic E-state index is 12.8. The van der Waals surface area contributed by atoms with E-state index in [1.54, 1.807) is 12.1 Å². The number of rotatable bonds is 12. The molecule has 37 heavy (non-hydrogen) atoms. The maximum atomic E-state index is 12.8. The lowest BCUT2D eigenvalue weighted by Crippen LogP contribution is -2.26. The van der Waals surface area contributed by atoms with Gasteiger partial charge >= 0.3 is 12.1 Å². The second-order valence-electron chi connectivity index (χ2n) is 8.94. The van der Waals surface area contributed by atoms with Crippen LogP contribution in [0, 0.1) is 0 Å². The van der Waals surface area contributed by atoms with Crippen molar-refractivity contribution in [1.29, 1.82) is 0 Å². The topological polar surface area (TPSA) is 78.4 Å². The Hall–Kier alpha value is -3.81. The average Bonchev–Trinajstić information content (AvgIpc) is 2.87. The molecule has 0 spiro atoms. The molecule has 0 aliphatic rings. The zero-order valence-electron chi connectivity index (χ0n) is 20.6. The van der Waals surface area contributed by atoms with Crippen molar-refractivity contribution in [2.24, 2.45) is 0 Å². The van der Waals surface area contributed by atoms with Crippen molar-refractivity contribution in [2.75, 3.05) is 11.9 Å². The second-order valence-corrected chi connectivity index (χ2v) is 8.94. The Kier molecular flexibility index (Phi) is 9.71. The molecule has 0 bridgehead atoms. The van der Waals surface area contributed by atoms with Gasteiger partial charge in [0.1, 0.15) is 0 Å². The Morgan fingerprint density at radius 2 is 1.49 bits per heavy atom.